The molecular weight excluding hydrogens is 342 g/mol. The highest BCUT2D eigenvalue weighted by atomic mass is 79.9. The largest absolute Gasteiger partial charge is 0.329 e. The Labute approximate surface area is 132 Å². The highest BCUT2D eigenvalue weighted by Crippen LogP contribution is 2.25. The van der Waals surface area contributed by atoms with E-state index in [2.05, 4.69) is 26.1 Å². The van der Waals surface area contributed by atoms with Crippen LogP contribution in [0.2, 0.25) is 5.02 Å². The molecule has 0 spiro atoms. The zero-order chi connectivity index (χ0) is 14.5. The average Bonchev–Trinajstić information content (AvgIpc) is 2.42. The lowest BCUT2D eigenvalue weighted by molar-refractivity contribution is -0.118. The number of amides is 1. The molecule has 1 heterocycles. The summed E-state index contributed by atoms with van der Waals surface area (Å²) in [5, 5.41) is 3.38. The van der Waals surface area contributed by atoms with Crippen molar-refractivity contribution in [1.82, 2.24) is 4.90 Å². The molecule has 0 aromatic heterocycles. The van der Waals surface area contributed by atoms with Gasteiger partial charge in [0.05, 0.1) is 17.3 Å². The molecule has 1 amide bonds. The van der Waals surface area contributed by atoms with Crippen molar-refractivity contribution >= 4 is 39.1 Å². The van der Waals surface area contributed by atoms with Crippen LogP contribution in [0.15, 0.2) is 22.7 Å². The molecule has 6 heteroatoms. The topological polar surface area (TPSA) is 58.4 Å². The number of piperidine rings is 1. The van der Waals surface area contributed by atoms with Crippen LogP contribution in [0.1, 0.15) is 19.3 Å². The van der Waals surface area contributed by atoms with Crippen molar-refractivity contribution in [1.29, 1.82) is 0 Å². The fraction of sp³-hybridized carbons (Fsp3) is 0.500. The Morgan fingerprint density at radius 1 is 1.50 bits per heavy atom. The van der Waals surface area contributed by atoms with Gasteiger partial charge in [0.15, 0.2) is 0 Å². The Bertz CT molecular complexity index is 483. The Morgan fingerprint density at radius 3 is 3.00 bits per heavy atom. The Hall–Kier alpha value is -0.620. The number of hydrogen-bond donors (Lipinski definition) is 2. The number of rotatable bonds is 4. The lowest BCUT2D eigenvalue weighted by atomic mass is 10.0. The van der Waals surface area contributed by atoms with Crippen LogP contribution in [0.5, 0.6) is 0 Å². The van der Waals surface area contributed by atoms with E-state index in [0.717, 1.165) is 23.9 Å². The number of nitrogens with zero attached hydrogens (tertiary/aromatic N) is 1. The minimum Gasteiger partial charge on any atom is -0.329 e. The fourth-order valence-electron chi connectivity index (χ4n) is 2.50. The van der Waals surface area contributed by atoms with Crippen LogP contribution in [0.3, 0.4) is 0 Å². The standard InChI is InChI=1S/C14H19BrClN3O/c15-10-4-5-13(12(16)7-10)18-14(20)9-19-6-2-1-3-11(19)8-17/h4-5,7,11H,1-3,6,8-9,17H2,(H,18,20). The molecule has 1 fully saturated rings. The minimum atomic E-state index is -0.0467. The first kappa shape index (κ1) is 15.8. The molecule has 1 unspecified atom stereocenters. The summed E-state index contributed by atoms with van der Waals surface area (Å²) in [6, 6.07) is 5.72. The zero-order valence-electron chi connectivity index (χ0n) is 11.2. The second kappa shape index (κ2) is 7.41. The van der Waals surface area contributed by atoms with Gasteiger partial charge in [-0.1, -0.05) is 34.0 Å². The molecule has 1 atom stereocenters. The van der Waals surface area contributed by atoms with Gasteiger partial charge in [-0.2, -0.15) is 0 Å². The van der Waals surface area contributed by atoms with Crippen LogP contribution < -0.4 is 11.1 Å². The summed E-state index contributed by atoms with van der Waals surface area (Å²) in [7, 11) is 0. The number of nitrogens with two attached hydrogens (primary N) is 1. The molecule has 2 rings (SSSR count). The van der Waals surface area contributed by atoms with Gasteiger partial charge in [0, 0.05) is 17.1 Å². The number of benzene rings is 1. The predicted octanol–water partition coefficient (Wildman–Crippen LogP) is 2.85. The molecule has 0 aliphatic carbocycles. The molecule has 1 saturated heterocycles. The van der Waals surface area contributed by atoms with Gasteiger partial charge < -0.3 is 11.1 Å². The summed E-state index contributed by atoms with van der Waals surface area (Å²) in [5.41, 5.74) is 6.40. The smallest absolute Gasteiger partial charge is 0.238 e. The lowest BCUT2D eigenvalue weighted by Crippen LogP contribution is -2.47. The van der Waals surface area contributed by atoms with Gasteiger partial charge in [-0.25, -0.2) is 0 Å². The molecule has 20 heavy (non-hydrogen) atoms. The van der Waals surface area contributed by atoms with Gasteiger partial charge in [0.2, 0.25) is 5.91 Å². The summed E-state index contributed by atoms with van der Waals surface area (Å²) in [4.78, 5) is 14.3. The third-order valence-electron chi connectivity index (χ3n) is 3.57. The molecular formula is C14H19BrClN3O. The predicted molar refractivity (Wildman–Crippen MR) is 86.0 cm³/mol. The summed E-state index contributed by atoms with van der Waals surface area (Å²) in [6.45, 7) is 1.91. The maximum atomic E-state index is 12.1. The molecule has 1 aromatic carbocycles. The van der Waals surface area contributed by atoms with Crippen LogP contribution >= 0.6 is 27.5 Å². The lowest BCUT2D eigenvalue weighted by Gasteiger charge is -2.34. The minimum absolute atomic E-state index is 0.0467. The van der Waals surface area contributed by atoms with Crippen molar-refractivity contribution in [3.8, 4) is 0 Å². The summed E-state index contributed by atoms with van der Waals surface area (Å²) >= 11 is 9.43. The molecule has 1 aromatic rings. The maximum absolute atomic E-state index is 12.1. The van der Waals surface area contributed by atoms with Gasteiger partial charge in [-0.05, 0) is 37.6 Å². The van der Waals surface area contributed by atoms with E-state index in [9.17, 15) is 4.79 Å². The Balaban J connectivity index is 1.94. The number of carbonyl (C=O) groups excluding carboxylic acids is 1. The molecule has 0 radical (unpaired) electrons. The first-order chi connectivity index (χ1) is 9.60. The van der Waals surface area contributed by atoms with Crippen LogP contribution in [-0.2, 0) is 4.79 Å². The summed E-state index contributed by atoms with van der Waals surface area (Å²) in [6.07, 6.45) is 3.39. The molecule has 1 aliphatic rings. The zero-order valence-corrected chi connectivity index (χ0v) is 13.6. The fourth-order valence-corrected chi connectivity index (χ4v) is 3.22. The van der Waals surface area contributed by atoms with E-state index in [1.165, 1.54) is 6.42 Å². The molecule has 0 bridgehead atoms. The number of halogens is 2. The average molecular weight is 361 g/mol. The number of anilines is 1. The number of likely N-dealkylation sites (tertiary alicyclic amines) is 1. The normalized spacial score (nSPS) is 19.9. The van der Waals surface area contributed by atoms with Crippen molar-refractivity contribution in [3.63, 3.8) is 0 Å². The van der Waals surface area contributed by atoms with Crippen molar-refractivity contribution in [3.05, 3.63) is 27.7 Å². The SMILES string of the molecule is NCC1CCCCN1CC(=O)Nc1ccc(Br)cc1Cl. The van der Waals surface area contributed by atoms with E-state index in [4.69, 9.17) is 17.3 Å². The summed E-state index contributed by atoms with van der Waals surface area (Å²) in [5.74, 6) is -0.0467. The van der Waals surface area contributed by atoms with Gasteiger partial charge in [-0.15, -0.1) is 0 Å². The van der Waals surface area contributed by atoms with E-state index >= 15 is 0 Å². The van der Waals surface area contributed by atoms with Gasteiger partial charge in [0.1, 0.15) is 0 Å². The Morgan fingerprint density at radius 2 is 2.30 bits per heavy atom. The van der Waals surface area contributed by atoms with E-state index in [-0.39, 0.29) is 5.91 Å². The van der Waals surface area contributed by atoms with Crippen molar-refractivity contribution < 1.29 is 4.79 Å². The monoisotopic (exact) mass is 359 g/mol. The van der Waals surface area contributed by atoms with Gasteiger partial charge in [-0.3, -0.25) is 9.69 Å². The van der Waals surface area contributed by atoms with Crippen LogP contribution in [0, 0.1) is 0 Å². The first-order valence-electron chi connectivity index (χ1n) is 6.79. The first-order valence-corrected chi connectivity index (χ1v) is 7.96. The molecule has 3 N–H and O–H groups in total. The van der Waals surface area contributed by atoms with Crippen molar-refractivity contribution in [2.75, 3.05) is 25.0 Å². The molecule has 110 valence electrons. The van der Waals surface area contributed by atoms with Crippen molar-refractivity contribution in [2.24, 2.45) is 5.73 Å². The van der Waals surface area contributed by atoms with Crippen LogP contribution in [-0.4, -0.2) is 36.5 Å². The van der Waals surface area contributed by atoms with Crippen LogP contribution in [0.4, 0.5) is 5.69 Å². The van der Waals surface area contributed by atoms with Gasteiger partial charge in [0.25, 0.3) is 0 Å². The van der Waals surface area contributed by atoms with Crippen LogP contribution in [0.25, 0.3) is 0 Å². The summed E-state index contributed by atoms with van der Waals surface area (Å²) < 4.78 is 0.889. The quantitative estimate of drug-likeness (QED) is 0.868. The van der Waals surface area contributed by atoms with Gasteiger partial charge >= 0.3 is 0 Å². The number of carbonyl (C=O) groups is 1. The molecule has 4 nitrogen and oxygen atoms in total. The maximum Gasteiger partial charge on any atom is 0.238 e. The third-order valence-corrected chi connectivity index (χ3v) is 4.38. The van der Waals surface area contributed by atoms with E-state index < -0.39 is 0 Å². The molecule has 1 aliphatic heterocycles. The third kappa shape index (κ3) is 4.19. The number of hydrogen-bond acceptors (Lipinski definition) is 3. The van der Waals surface area contributed by atoms with Crippen molar-refractivity contribution in [2.45, 2.75) is 25.3 Å². The van der Waals surface area contributed by atoms with E-state index in [1.54, 1.807) is 12.1 Å². The van der Waals surface area contributed by atoms with E-state index in [0.29, 0.717) is 29.8 Å². The highest BCUT2D eigenvalue weighted by Gasteiger charge is 2.23. The second-order valence-electron chi connectivity index (χ2n) is 5.03. The van der Waals surface area contributed by atoms with E-state index in [1.807, 2.05) is 6.07 Å². The molecule has 0 saturated carbocycles. The number of nitrogens with one attached hydrogen (secondary N) is 1. The highest BCUT2D eigenvalue weighted by molar-refractivity contribution is 9.10. The Kier molecular flexibility index (Phi) is 5.84. The second-order valence-corrected chi connectivity index (χ2v) is 6.35.